The summed E-state index contributed by atoms with van der Waals surface area (Å²) in [7, 11) is 0. The minimum Gasteiger partial charge on any atom is -0.379 e. The van der Waals surface area contributed by atoms with Crippen LogP contribution in [-0.2, 0) is 4.74 Å². The van der Waals surface area contributed by atoms with Gasteiger partial charge in [0.25, 0.3) is 0 Å². The van der Waals surface area contributed by atoms with Crippen LogP contribution in [-0.4, -0.2) is 36.3 Å². The first kappa shape index (κ1) is 14.5. The molecule has 1 aromatic heterocycles. The summed E-state index contributed by atoms with van der Waals surface area (Å²) >= 11 is 0. The predicted molar refractivity (Wildman–Crippen MR) is 74.8 cm³/mol. The maximum Gasteiger partial charge on any atom is 0.223 e. The number of nitrogen functional groups attached to an aromatic ring is 1. The summed E-state index contributed by atoms with van der Waals surface area (Å²) in [6, 6.07) is 1.84. The van der Waals surface area contributed by atoms with Crippen LogP contribution < -0.4 is 16.4 Å². The van der Waals surface area contributed by atoms with Gasteiger partial charge in [-0.2, -0.15) is 9.97 Å². The van der Waals surface area contributed by atoms with E-state index in [1.807, 2.05) is 13.0 Å². The topological polar surface area (TPSA) is 85.1 Å². The number of hydrogen-bond acceptors (Lipinski definition) is 6. The van der Waals surface area contributed by atoms with E-state index >= 15 is 0 Å². The van der Waals surface area contributed by atoms with Crippen molar-refractivity contribution in [3.63, 3.8) is 0 Å². The summed E-state index contributed by atoms with van der Waals surface area (Å²) in [5.41, 5.74) is 5.63. The van der Waals surface area contributed by atoms with E-state index in [1.54, 1.807) is 0 Å². The number of nitrogens with zero attached hydrogens (tertiary/aromatic N) is 2. The Balaban J connectivity index is 2.37. The molecule has 0 amide bonds. The lowest BCUT2D eigenvalue weighted by Gasteiger charge is -2.10. The molecule has 0 spiro atoms. The Bertz CT molecular complexity index is 356. The van der Waals surface area contributed by atoms with Crippen molar-refractivity contribution in [2.75, 3.05) is 42.7 Å². The van der Waals surface area contributed by atoms with E-state index < -0.39 is 0 Å². The van der Waals surface area contributed by atoms with Crippen LogP contribution >= 0.6 is 0 Å². The van der Waals surface area contributed by atoms with Crippen molar-refractivity contribution >= 4 is 17.6 Å². The highest BCUT2D eigenvalue weighted by Gasteiger charge is 2.01. The van der Waals surface area contributed by atoms with Crippen molar-refractivity contribution in [2.24, 2.45) is 5.92 Å². The van der Waals surface area contributed by atoms with Gasteiger partial charge in [0.1, 0.15) is 11.6 Å². The van der Waals surface area contributed by atoms with Gasteiger partial charge in [0.2, 0.25) is 5.95 Å². The molecule has 1 rings (SSSR count). The normalized spacial score (nSPS) is 10.7. The molecule has 0 bridgehead atoms. The van der Waals surface area contributed by atoms with Gasteiger partial charge in [-0.1, -0.05) is 13.8 Å². The fourth-order valence-electron chi connectivity index (χ4n) is 1.40. The van der Waals surface area contributed by atoms with E-state index in [0.717, 1.165) is 19.0 Å². The largest absolute Gasteiger partial charge is 0.379 e. The van der Waals surface area contributed by atoms with Crippen LogP contribution in [0.25, 0.3) is 0 Å². The van der Waals surface area contributed by atoms with E-state index in [2.05, 4.69) is 34.4 Å². The van der Waals surface area contributed by atoms with Gasteiger partial charge in [-0.3, -0.25) is 0 Å². The predicted octanol–water partition coefficient (Wildman–Crippen LogP) is 1.58. The second-order valence-electron chi connectivity index (χ2n) is 4.42. The molecule has 6 nitrogen and oxygen atoms in total. The van der Waals surface area contributed by atoms with Gasteiger partial charge in [0.05, 0.1) is 6.61 Å². The molecule has 18 heavy (non-hydrogen) atoms. The molecule has 0 unspecified atom stereocenters. The van der Waals surface area contributed by atoms with Crippen LogP contribution in [0.5, 0.6) is 0 Å². The summed E-state index contributed by atoms with van der Waals surface area (Å²) in [5.74, 6) is 2.27. The standard InChI is InChI=1S/C12H23N5O/c1-4-14-10-7-11(17-12(13)16-10)15-5-6-18-8-9(2)3/h7,9H,4-6,8H2,1-3H3,(H4,13,14,15,16,17). The van der Waals surface area contributed by atoms with Crippen molar-refractivity contribution in [1.82, 2.24) is 9.97 Å². The first-order valence-corrected chi connectivity index (χ1v) is 6.31. The number of aromatic nitrogens is 2. The molecular weight excluding hydrogens is 230 g/mol. The fourth-order valence-corrected chi connectivity index (χ4v) is 1.40. The first-order valence-electron chi connectivity index (χ1n) is 6.31. The third-order valence-corrected chi connectivity index (χ3v) is 2.11. The van der Waals surface area contributed by atoms with Gasteiger partial charge in [0, 0.05) is 25.8 Å². The van der Waals surface area contributed by atoms with Crippen molar-refractivity contribution in [2.45, 2.75) is 20.8 Å². The molecule has 1 heterocycles. The summed E-state index contributed by atoms with van der Waals surface area (Å²) < 4.78 is 5.47. The van der Waals surface area contributed by atoms with Crippen LogP contribution in [0.2, 0.25) is 0 Å². The van der Waals surface area contributed by atoms with Crippen molar-refractivity contribution in [3.05, 3.63) is 6.07 Å². The van der Waals surface area contributed by atoms with Crippen LogP contribution in [0.15, 0.2) is 6.07 Å². The first-order chi connectivity index (χ1) is 8.61. The third kappa shape index (κ3) is 5.67. The fraction of sp³-hybridized carbons (Fsp3) is 0.667. The van der Waals surface area contributed by atoms with E-state index in [1.165, 1.54) is 0 Å². The maximum atomic E-state index is 5.63. The van der Waals surface area contributed by atoms with Crippen LogP contribution in [0.4, 0.5) is 17.6 Å². The zero-order chi connectivity index (χ0) is 13.4. The SMILES string of the molecule is CCNc1cc(NCCOCC(C)C)nc(N)n1. The van der Waals surface area contributed by atoms with Crippen LogP contribution in [0.1, 0.15) is 20.8 Å². The van der Waals surface area contributed by atoms with Gasteiger partial charge in [-0.25, -0.2) is 0 Å². The number of anilines is 3. The van der Waals surface area contributed by atoms with Crippen LogP contribution in [0.3, 0.4) is 0 Å². The van der Waals surface area contributed by atoms with Gasteiger partial charge in [-0.15, -0.1) is 0 Å². The zero-order valence-corrected chi connectivity index (χ0v) is 11.4. The van der Waals surface area contributed by atoms with E-state index in [0.29, 0.717) is 24.9 Å². The molecule has 0 fully saturated rings. The lowest BCUT2D eigenvalue weighted by atomic mass is 10.2. The molecule has 0 aromatic carbocycles. The average molecular weight is 253 g/mol. The minimum atomic E-state index is 0.263. The van der Waals surface area contributed by atoms with Crippen molar-refractivity contribution in [1.29, 1.82) is 0 Å². The molecule has 0 saturated carbocycles. The molecular formula is C12H23N5O. The Kier molecular flexibility index (Phi) is 6.21. The Hall–Kier alpha value is -1.56. The Morgan fingerprint density at radius 1 is 1.28 bits per heavy atom. The van der Waals surface area contributed by atoms with E-state index in [4.69, 9.17) is 10.5 Å². The number of ether oxygens (including phenoxy) is 1. The second-order valence-corrected chi connectivity index (χ2v) is 4.42. The van der Waals surface area contributed by atoms with Gasteiger partial charge < -0.3 is 21.1 Å². The van der Waals surface area contributed by atoms with E-state index in [-0.39, 0.29) is 5.95 Å². The molecule has 6 heteroatoms. The minimum absolute atomic E-state index is 0.263. The Labute approximate surface area is 108 Å². The summed E-state index contributed by atoms with van der Waals surface area (Å²) in [5, 5.41) is 6.26. The van der Waals surface area contributed by atoms with Crippen molar-refractivity contribution in [3.8, 4) is 0 Å². The Morgan fingerprint density at radius 2 is 1.94 bits per heavy atom. The highest BCUT2D eigenvalue weighted by atomic mass is 16.5. The highest BCUT2D eigenvalue weighted by Crippen LogP contribution is 2.11. The van der Waals surface area contributed by atoms with E-state index in [9.17, 15) is 0 Å². The highest BCUT2D eigenvalue weighted by molar-refractivity contribution is 5.50. The number of nitrogens with one attached hydrogen (secondary N) is 2. The molecule has 0 aliphatic carbocycles. The summed E-state index contributed by atoms with van der Waals surface area (Å²) in [6.45, 7) is 9.19. The van der Waals surface area contributed by atoms with Gasteiger partial charge in [0.15, 0.2) is 0 Å². The monoisotopic (exact) mass is 253 g/mol. The van der Waals surface area contributed by atoms with Gasteiger partial charge in [-0.05, 0) is 12.8 Å². The molecule has 0 aliphatic rings. The Morgan fingerprint density at radius 3 is 2.56 bits per heavy atom. The maximum absolute atomic E-state index is 5.63. The quantitative estimate of drug-likeness (QED) is 0.610. The number of rotatable bonds is 8. The van der Waals surface area contributed by atoms with Crippen molar-refractivity contribution < 1.29 is 4.74 Å². The summed E-state index contributed by atoms with van der Waals surface area (Å²) in [4.78, 5) is 8.18. The molecule has 0 atom stereocenters. The second kappa shape index (κ2) is 7.71. The molecule has 0 radical (unpaired) electrons. The number of hydrogen-bond donors (Lipinski definition) is 3. The lowest BCUT2D eigenvalue weighted by molar-refractivity contribution is 0.118. The molecule has 1 aromatic rings. The summed E-state index contributed by atoms with van der Waals surface area (Å²) in [6.07, 6.45) is 0. The average Bonchev–Trinajstić information content (AvgIpc) is 2.28. The van der Waals surface area contributed by atoms with Gasteiger partial charge >= 0.3 is 0 Å². The number of nitrogens with two attached hydrogens (primary N) is 1. The lowest BCUT2D eigenvalue weighted by Crippen LogP contribution is -2.14. The molecule has 0 aliphatic heterocycles. The molecule has 102 valence electrons. The zero-order valence-electron chi connectivity index (χ0n) is 11.4. The smallest absolute Gasteiger partial charge is 0.223 e. The molecule has 4 N–H and O–H groups in total. The molecule has 0 saturated heterocycles. The third-order valence-electron chi connectivity index (χ3n) is 2.11. The van der Waals surface area contributed by atoms with Crippen LogP contribution in [0, 0.1) is 5.92 Å².